The zero-order valence-electron chi connectivity index (χ0n) is 14.7. The minimum Gasteiger partial charge on any atom is -0.495 e. The zero-order valence-corrected chi connectivity index (χ0v) is 15.5. The van der Waals surface area contributed by atoms with Gasteiger partial charge in [0.15, 0.2) is 6.54 Å². The number of para-hydroxylation sites is 2. The lowest BCUT2D eigenvalue weighted by atomic mass is 10.2. The first-order chi connectivity index (χ1) is 12.6. The van der Waals surface area contributed by atoms with Crippen LogP contribution in [0.25, 0.3) is 0 Å². The summed E-state index contributed by atoms with van der Waals surface area (Å²) in [5, 5.41) is 5.07. The predicted molar refractivity (Wildman–Crippen MR) is 102 cm³/mol. The molecule has 1 aromatic carbocycles. The van der Waals surface area contributed by atoms with Crippen molar-refractivity contribution < 1.29 is 19.2 Å². The van der Waals surface area contributed by atoms with E-state index in [2.05, 4.69) is 16.3 Å². The zero-order chi connectivity index (χ0) is 18.5. The molecule has 1 aliphatic rings. The van der Waals surface area contributed by atoms with Gasteiger partial charge in [-0.3, -0.25) is 9.59 Å². The average molecular weight is 375 g/mol. The predicted octanol–water partition coefficient (Wildman–Crippen LogP) is 0.199. The number of nitrogens with zero attached hydrogens (tertiary/aromatic N) is 1. The number of hydrogen-bond acceptors (Lipinski definition) is 5. The summed E-state index contributed by atoms with van der Waals surface area (Å²) < 4.78 is 5.43. The van der Waals surface area contributed by atoms with E-state index in [-0.39, 0.29) is 5.91 Å². The Labute approximate surface area is 156 Å². The van der Waals surface area contributed by atoms with Crippen molar-refractivity contribution >= 4 is 33.8 Å². The number of benzene rings is 1. The van der Waals surface area contributed by atoms with E-state index >= 15 is 0 Å². The number of ether oxygens (including phenoxy) is 1. The van der Waals surface area contributed by atoms with Gasteiger partial charge in [-0.05, 0) is 23.6 Å². The number of nitrogens with one attached hydrogen (secondary N) is 2. The number of carbonyl (C=O) groups excluding carboxylic acids is 2. The van der Waals surface area contributed by atoms with Crippen molar-refractivity contribution in [2.75, 3.05) is 50.1 Å². The molecule has 4 N–H and O–H groups in total. The Kier molecular flexibility index (Phi) is 5.75. The number of anilines is 2. The lowest BCUT2D eigenvalue weighted by Crippen LogP contribution is -3.15. The van der Waals surface area contributed by atoms with E-state index < -0.39 is 5.91 Å². The van der Waals surface area contributed by atoms with Crippen LogP contribution in [0, 0.1) is 0 Å². The summed E-state index contributed by atoms with van der Waals surface area (Å²) in [5.74, 6) is 0.236. The number of nitrogens with two attached hydrogens (primary N) is 1. The number of thiophene rings is 1. The van der Waals surface area contributed by atoms with Gasteiger partial charge in [0.2, 0.25) is 0 Å². The van der Waals surface area contributed by atoms with Gasteiger partial charge in [-0.2, -0.15) is 0 Å². The molecule has 8 heteroatoms. The molecule has 2 aromatic rings. The van der Waals surface area contributed by atoms with Gasteiger partial charge in [0.25, 0.3) is 11.8 Å². The second kappa shape index (κ2) is 8.20. The molecule has 138 valence electrons. The van der Waals surface area contributed by atoms with E-state index in [4.69, 9.17) is 10.5 Å². The van der Waals surface area contributed by atoms with Gasteiger partial charge in [-0.15, -0.1) is 11.3 Å². The summed E-state index contributed by atoms with van der Waals surface area (Å²) in [7, 11) is 1.68. The number of piperazine rings is 1. The van der Waals surface area contributed by atoms with Crippen LogP contribution in [-0.4, -0.2) is 51.6 Å². The molecular weight excluding hydrogens is 352 g/mol. The highest BCUT2D eigenvalue weighted by atomic mass is 32.1. The fourth-order valence-corrected chi connectivity index (χ4v) is 3.94. The standard InChI is InChI=1S/C18H22N4O3S/c1-25-15-5-3-2-4-14(15)22-9-7-21(8-10-22)12-16(23)20-18-13(17(19)24)6-11-26-18/h2-6,11H,7-10,12H2,1H3,(H2,19,24)(H,20,23)/p+1. The van der Waals surface area contributed by atoms with Crippen molar-refractivity contribution in [3.63, 3.8) is 0 Å². The molecule has 0 atom stereocenters. The molecule has 0 aliphatic carbocycles. The van der Waals surface area contributed by atoms with Crippen molar-refractivity contribution in [3.8, 4) is 5.75 Å². The van der Waals surface area contributed by atoms with Crippen LogP contribution in [0.3, 0.4) is 0 Å². The Bertz CT molecular complexity index is 784. The molecule has 1 fully saturated rings. The highest BCUT2D eigenvalue weighted by Gasteiger charge is 2.24. The lowest BCUT2D eigenvalue weighted by molar-refractivity contribution is -0.892. The van der Waals surface area contributed by atoms with Crippen LogP contribution in [-0.2, 0) is 4.79 Å². The number of methoxy groups -OCH3 is 1. The molecule has 1 aromatic heterocycles. The van der Waals surface area contributed by atoms with Crippen LogP contribution in [0.2, 0.25) is 0 Å². The molecule has 7 nitrogen and oxygen atoms in total. The second-order valence-electron chi connectivity index (χ2n) is 6.16. The van der Waals surface area contributed by atoms with Gasteiger partial charge in [0.1, 0.15) is 10.8 Å². The number of primary amides is 1. The van der Waals surface area contributed by atoms with Crippen LogP contribution in [0.4, 0.5) is 10.7 Å². The summed E-state index contributed by atoms with van der Waals surface area (Å²) in [4.78, 5) is 27.1. The highest BCUT2D eigenvalue weighted by molar-refractivity contribution is 7.14. The Morgan fingerprint density at radius 3 is 2.69 bits per heavy atom. The summed E-state index contributed by atoms with van der Waals surface area (Å²) in [6, 6.07) is 9.60. The molecule has 0 radical (unpaired) electrons. The Morgan fingerprint density at radius 2 is 2.00 bits per heavy atom. The number of amides is 2. The summed E-state index contributed by atoms with van der Waals surface area (Å²) in [6.07, 6.45) is 0. The first-order valence-electron chi connectivity index (χ1n) is 8.47. The SMILES string of the molecule is COc1ccccc1N1CC[NH+](CC(=O)Nc2sccc2C(N)=O)CC1. The van der Waals surface area contributed by atoms with Gasteiger partial charge in [0, 0.05) is 0 Å². The smallest absolute Gasteiger partial charge is 0.280 e. The minimum atomic E-state index is -0.528. The fraction of sp³-hybridized carbons (Fsp3) is 0.333. The second-order valence-corrected chi connectivity index (χ2v) is 7.08. The van der Waals surface area contributed by atoms with E-state index in [9.17, 15) is 9.59 Å². The Hall–Kier alpha value is -2.58. The van der Waals surface area contributed by atoms with Crippen LogP contribution < -0.4 is 25.6 Å². The van der Waals surface area contributed by atoms with Crippen molar-refractivity contribution in [1.82, 2.24) is 0 Å². The molecule has 0 unspecified atom stereocenters. The molecule has 0 spiro atoms. The molecule has 0 saturated carbocycles. The average Bonchev–Trinajstić information content (AvgIpc) is 3.10. The van der Waals surface area contributed by atoms with Gasteiger partial charge in [0.05, 0.1) is 44.5 Å². The first kappa shape index (κ1) is 18.2. The monoisotopic (exact) mass is 375 g/mol. The molecule has 2 heterocycles. The third-order valence-electron chi connectivity index (χ3n) is 4.49. The summed E-state index contributed by atoms with van der Waals surface area (Å²) >= 11 is 1.31. The van der Waals surface area contributed by atoms with Crippen LogP contribution in [0.5, 0.6) is 5.75 Å². The third kappa shape index (κ3) is 4.14. The van der Waals surface area contributed by atoms with E-state index in [0.717, 1.165) is 37.6 Å². The van der Waals surface area contributed by atoms with Crippen molar-refractivity contribution in [2.24, 2.45) is 5.73 Å². The quantitative estimate of drug-likeness (QED) is 0.673. The molecule has 1 saturated heterocycles. The number of carbonyl (C=O) groups is 2. The molecule has 3 rings (SSSR count). The van der Waals surface area contributed by atoms with Gasteiger partial charge < -0.3 is 25.6 Å². The lowest BCUT2D eigenvalue weighted by Gasteiger charge is -2.33. The third-order valence-corrected chi connectivity index (χ3v) is 5.32. The topological polar surface area (TPSA) is 89.1 Å². The maximum atomic E-state index is 12.3. The van der Waals surface area contributed by atoms with Crippen molar-refractivity contribution in [2.45, 2.75) is 0 Å². The van der Waals surface area contributed by atoms with Gasteiger partial charge >= 0.3 is 0 Å². The van der Waals surface area contributed by atoms with Crippen LogP contribution in [0.1, 0.15) is 10.4 Å². The maximum absolute atomic E-state index is 12.3. The molecule has 26 heavy (non-hydrogen) atoms. The van der Waals surface area contributed by atoms with Gasteiger partial charge in [-0.1, -0.05) is 12.1 Å². The normalized spacial score (nSPS) is 14.9. The van der Waals surface area contributed by atoms with Gasteiger partial charge in [-0.25, -0.2) is 0 Å². The van der Waals surface area contributed by atoms with E-state index in [1.165, 1.54) is 16.2 Å². The Balaban J connectivity index is 1.53. The molecule has 0 bridgehead atoms. The number of quaternary nitrogens is 1. The number of hydrogen-bond donors (Lipinski definition) is 3. The first-order valence-corrected chi connectivity index (χ1v) is 9.35. The fourth-order valence-electron chi connectivity index (χ4n) is 3.13. The Morgan fingerprint density at radius 1 is 1.27 bits per heavy atom. The molecule has 1 aliphatic heterocycles. The van der Waals surface area contributed by atoms with E-state index in [1.807, 2.05) is 18.2 Å². The molecule has 2 amide bonds. The van der Waals surface area contributed by atoms with E-state index in [1.54, 1.807) is 18.6 Å². The molecular formula is C18H23N4O3S+. The van der Waals surface area contributed by atoms with E-state index in [0.29, 0.717) is 17.1 Å². The number of rotatable bonds is 6. The summed E-state index contributed by atoms with van der Waals surface area (Å²) in [5.41, 5.74) is 6.76. The summed E-state index contributed by atoms with van der Waals surface area (Å²) in [6.45, 7) is 3.80. The van der Waals surface area contributed by atoms with Crippen LogP contribution >= 0.6 is 11.3 Å². The largest absolute Gasteiger partial charge is 0.495 e. The maximum Gasteiger partial charge on any atom is 0.280 e. The van der Waals surface area contributed by atoms with Crippen molar-refractivity contribution in [3.05, 3.63) is 41.3 Å². The van der Waals surface area contributed by atoms with Crippen LogP contribution in [0.15, 0.2) is 35.7 Å². The minimum absolute atomic E-state index is 0.101. The highest BCUT2D eigenvalue weighted by Crippen LogP contribution is 2.27. The van der Waals surface area contributed by atoms with Crippen molar-refractivity contribution in [1.29, 1.82) is 0 Å².